The van der Waals surface area contributed by atoms with E-state index in [4.69, 9.17) is 27.9 Å². The van der Waals surface area contributed by atoms with E-state index in [9.17, 15) is 0 Å². The summed E-state index contributed by atoms with van der Waals surface area (Å²) in [6.07, 6.45) is 0. The van der Waals surface area contributed by atoms with E-state index in [0.717, 1.165) is 0 Å². The molecule has 0 radical (unpaired) electrons. The second kappa shape index (κ2) is 5.27. The monoisotopic (exact) mass is 220 g/mol. The molecule has 3 nitrogen and oxygen atoms in total. The van der Waals surface area contributed by atoms with Crippen molar-refractivity contribution >= 4 is 29.0 Å². The third kappa shape index (κ3) is 3.38. The molecule has 0 aliphatic carbocycles. The molecule has 0 aliphatic rings. The molecule has 72 valence electrons. The van der Waals surface area contributed by atoms with Crippen molar-refractivity contribution in [2.24, 2.45) is 0 Å². The normalized spacial score (nSPS) is 10.1. The number of rotatable bonds is 4. The molecule has 1 heterocycles. The van der Waals surface area contributed by atoms with Gasteiger partial charge < -0.3 is 10.1 Å². The molecule has 0 atom stereocenters. The molecule has 1 N–H and O–H groups in total. The van der Waals surface area contributed by atoms with E-state index in [1.807, 2.05) is 0 Å². The zero-order chi connectivity index (χ0) is 9.68. The fraction of sp³-hybridized carbons (Fsp3) is 0.375. The summed E-state index contributed by atoms with van der Waals surface area (Å²) in [4.78, 5) is 4.01. The maximum atomic E-state index is 5.85. The number of halogens is 2. The summed E-state index contributed by atoms with van der Waals surface area (Å²) in [7, 11) is 1.63. The quantitative estimate of drug-likeness (QED) is 0.626. The molecule has 5 heteroatoms. The Morgan fingerprint density at radius 2 is 2.23 bits per heavy atom. The van der Waals surface area contributed by atoms with E-state index in [2.05, 4.69) is 10.3 Å². The summed E-state index contributed by atoms with van der Waals surface area (Å²) < 4.78 is 4.87. The molecule has 1 aromatic heterocycles. The van der Waals surface area contributed by atoms with E-state index in [0.29, 0.717) is 29.1 Å². The Morgan fingerprint density at radius 1 is 1.46 bits per heavy atom. The van der Waals surface area contributed by atoms with Crippen LogP contribution < -0.4 is 5.32 Å². The van der Waals surface area contributed by atoms with Crippen LogP contribution in [0.5, 0.6) is 0 Å². The van der Waals surface area contributed by atoms with Crippen molar-refractivity contribution in [3.05, 3.63) is 22.3 Å². The molecule has 1 rings (SSSR count). The van der Waals surface area contributed by atoms with E-state index < -0.39 is 0 Å². The number of pyridine rings is 1. The van der Waals surface area contributed by atoms with Crippen molar-refractivity contribution < 1.29 is 4.74 Å². The fourth-order valence-electron chi connectivity index (χ4n) is 0.814. The maximum Gasteiger partial charge on any atom is 0.146 e. The first kappa shape index (κ1) is 10.6. The van der Waals surface area contributed by atoms with Gasteiger partial charge in [-0.2, -0.15) is 0 Å². The molecule has 0 fully saturated rings. The lowest BCUT2D eigenvalue weighted by atomic mass is 10.4. The van der Waals surface area contributed by atoms with Crippen molar-refractivity contribution in [2.45, 2.75) is 0 Å². The number of hydrogen-bond donors (Lipinski definition) is 1. The maximum absolute atomic E-state index is 5.85. The number of anilines is 1. The molecule has 0 amide bonds. The van der Waals surface area contributed by atoms with Gasteiger partial charge in [0.05, 0.1) is 11.6 Å². The molecule has 0 aliphatic heterocycles. The zero-order valence-electron chi connectivity index (χ0n) is 7.18. The van der Waals surface area contributed by atoms with Gasteiger partial charge >= 0.3 is 0 Å². The van der Waals surface area contributed by atoms with Gasteiger partial charge in [-0.15, -0.1) is 0 Å². The second-order valence-corrected chi connectivity index (χ2v) is 3.18. The summed E-state index contributed by atoms with van der Waals surface area (Å²) in [6.45, 7) is 1.26. The average molecular weight is 221 g/mol. The summed E-state index contributed by atoms with van der Waals surface area (Å²) in [6, 6.07) is 3.34. The number of nitrogens with one attached hydrogen (secondary N) is 1. The van der Waals surface area contributed by atoms with Crippen LogP contribution in [0.3, 0.4) is 0 Å². The lowest BCUT2D eigenvalue weighted by Gasteiger charge is -2.06. The predicted molar refractivity (Wildman–Crippen MR) is 54.6 cm³/mol. The number of hydrogen-bond acceptors (Lipinski definition) is 3. The SMILES string of the molecule is COCCNc1nc(Cl)ccc1Cl. The van der Waals surface area contributed by atoms with Crippen molar-refractivity contribution in [1.29, 1.82) is 0 Å². The van der Waals surface area contributed by atoms with E-state index in [1.54, 1.807) is 19.2 Å². The van der Waals surface area contributed by atoms with Gasteiger partial charge in [0.2, 0.25) is 0 Å². The lowest BCUT2D eigenvalue weighted by Crippen LogP contribution is -2.09. The zero-order valence-corrected chi connectivity index (χ0v) is 8.69. The second-order valence-electron chi connectivity index (χ2n) is 2.38. The molecule has 1 aromatic rings. The van der Waals surface area contributed by atoms with Gasteiger partial charge in [-0.1, -0.05) is 23.2 Å². The minimum absolute atomic E-state index is 0.421. The first-order valence-corrected chi connectivity index (χ1v) is 4.54. The number of aromatic nitrogens is 1. The Kier molecular flexibility index (Phi) is 4.28. The van der Waals surface area contributed by atoms with Crippen LogP contribution in [0.1, 0.15) is 0 Å². The van der Waals surface area contributed by atoms with Crippen LogP contribution >= 0.6 is 23.2 Å². The molecular formula is C8H10Cl2N2O. The van der Waals surface area contributed by atoms with E-state index in [-0.39, 0.29) is 0 Å². The van der Waals surface area contributed by atoms with Gasteiger partial charge in [0.25, 0.3) is 0 Å². The van der Waals surface area contributed by atoms with Gasteiger partial charge in [-0.3, -0.25) is 0 Å². The standard InChI is InChI=1S/C8H10Cl2N2O/c1-13-5-4-11-8-6(9)2-3-7(10)12-8/h2-3H,4-5H2,1H3,(H,11,12). The molecule has 0 saturated heterocycles. The van der Waals surface area contributed by atoms with Crippen LogP contribution in [0.2, 0.25) is 10.2 Å². The fourth-order valence-corrected chi connectivity index (χ4v) is 1.13. The molecule has 0 bridgehead atoms. The third-order valence-corrected chi connectivity index (χ3v) is 1.93. The first-order valence-electron chi connectivity index (χ1n) is 3.79. The Labute approximate surface area is 87.0 Å². The van der Waals surface area contributed by atoms with Crippen LogP contribution in [0, 0.1) is 0 Å². The summed E-state index contributed by atoms with van der Waals surface area (Å²) in [5.41, 5.74) is 0. The van der Waals surface area contributed by atoms with Crippen molar-refractivity contribution in [3.63, 3.8) is 0 Å². The van der Waals surface area contributed by atoms with Crippen LogP contribution in [0.15, 0.2) is 12.1 Å². The van der Waals surface area contributed by atoms with Gasteiger partial charge in [0.15, 0.2) is 0 Å². The Balaban J connectivity index is 2.59. The average Bonchev–Trinajstić information content (AvgIpc) is 2.11. The van der Waals surface area contributed by atoms with Crippen molar-refractivity contribution in [1.82, 2.24) is 4.98 Å². The van der Waals surface area contributed by atoms with Crippen molar-refractivity contribution in [3.8, 4) is 0 Å². The summed E-state index contributed by atoms with van der Waals surface area (Å²) >= 11 is 11.5. The van der Waals surface area contributed by atoms with Crippen molar-refractivity contribution in [2.75, 3.05) is 25.6 Å². The Morgan fingerprint density at radius 3 is 2.92 bits per heavy atom. The molecule has 0 unspecified atom stereocenters. The molecule has 0 spiro atoms. The minimum Gasteiger partial charge on any atom is -0.383 e. The largest absolute Gasteiger partial charge is 0.383 e. The molecule has 0 saturated carbocycles. The minimum atomic E-state index is 0.421. The van der Waals surface area contributed by atoms with Crippen LogP contribution in [0.25, 0.3) is 0 Å². The molecule has 13 heavy (non-hydrogen) atoms. The van der Waals surface area contributed by atoms with E-state index >= 15 is 0 Å². The highest BCUT2D eigenvalue weighted by molar-refractivity contribution is 6.34. The van der Waals surface area contributed by atoms with Gasteiger partial charge in [0, 0.05) is 13.7 Å². The lowest BCUT2D eigenvalue weighted by molar-refractivity contribution is 0.210. The van der Waals surface area contributed by atoms with Gasteiger partial charge in [-0.05, 0) is 12.1 Å². The topological polar surface area (TPSA) is 34.1 Å². The molecular weight excluding hydrogens is 211 g/mol. The number of methoxy groups -OCH3 is 1. The highest BCUT2D eigenvalue weighted by atomic mass is 35.5. The summed E-state index contributed by atoms with van der Waals surface area (Å²) in [5, 5.41) is 3.98. The van der Waals surface area contributed by atoms with Crippen LogP contribution in [0.4, 0.5) is 5.82 Å². The highest BCUT2D eigenvalue weighted by Gasteiger charge is 2.01. The Bertz CT molecular complexity index is 281. The van der Waals surface area contributed by atoms with Crippen LogP contribution in [-0.4, -0.2) is 25.2 Å². The highest BCUT2D eigenvalue weighted by Crippen LogP contribution is 2.20. The smallest absolute Gasteiger partial charge is 0.146 e. The van der Waals surface area contributed by atoms with Gasteiger partial charge in [0.1, 0.15) is 11.0 Å². The van der Waals surface area contributed by atoms with Gasteiger partial charge in [-0.25, -0.2) is 4.98 Å². The third-order valence-electron chi connectivity index (χ3n) is 1.41. The van der Waals surface area contributed by atoms with Crippen LogP contribution in [-0.2, 0) is 4.74 Å². The summed E-state index contributed by atoms with van der Waals surface area (Å²) in [5.74, 6) is 0.589. The number of ether oxygens (including phenoxy) is 1. The first-order chi connectivity index (χ1) is 6.24. The Hall–Kier alpha value is -0.510. The molecule has 0 aromatic carbocycles. The predicted octanol–water partition coefficient (Wildman–Crippen LogP) is 2.45. The number of nitrogens with zero attached hydrogens (tertiary/aromatic N) is 1. The van der Waals surface area contributed by atoms with E-state index in [1.165, 1.54) is 0 Å².